The van der Waals surface area contributed by atoms with Crippen molar-refractivity contribution in [3.8, 4) is 19.5 Å². The number of amides is 2. The standard InChI is InChI=1S/C31H25NO2S3Si/c1-16-6-10-20(11-7-16)38(21-12-8-17(2)9-13-21)23-14-18(3)35-28(23)29-24(38)15-22(37-29)27-26-25(19(4)36-27)30(33)32(5)31(26)34/h6-15H,1-5H3. The van der Waals surface area contributed by atoms with Crippen molar-refractivity contribution in [1.82, 2.24) is 4.90 Å². The Morgan fingerprint density at radius 1 is 0.632 bits per heavy atom. The molecule has 38 heavy (non-hydrogen) atoms. The Bertz CT molecular complexity index is 1760. The van der Waals surface area contributed by atoms with Gasteiger partial charge in [0.25, 0.3) is 11.8 Å². The quantitative estimate of drug-likeness (QED) is 0.213. The van der Waals surface area contributed by atoms with E-state index in [1.54, 1.807) is 29.7 Å². The second-order valence-electron chi connectivity index (χ2n) is 10.3. The number of aryl methyl sites for hydroxylation is 4. The van der Waals surface area contributed by atoms with Crippen LogP contribution in [0.4, 0.5) is 0 Å². The number of hydrogen-bond donors (Lipinski definition) is 0. The van der Waals surface area contributed by atoms with Crippen molar-refractivity contribution in [2.24, 2.45) is 0 Å². The predicted octanol–water partition coefficient (Wildman–Crippen LogP) is 5.36. The molecule has 2 aliphatic rings. The summed E-state index contributed by atoms with van der Waals surface area (Å²) in [6.07, 6.45) is 0. The molecule has 3 aromatic heterocycles. The summed E-state index contributed by atoms with van der Waals surface area (Å²) in [4.78, 5) is 34.2. The molecule has 2 amide bonds. The molecule has 3 nitrogen and oxygen atoms in total. The van der Waals surface area contributed by atoms with Crippen molar-refractivity contribution in [3.63, 3.8) is 0 Å². The molecule has 0 radical (unpaired) electrons. The highest BCUT2D eigenvalue weighted by Gasteiger charge is 2.51. The third-order valence-electron chi connectivity index (χ3n) is 7.92. The lowest BCUT2D eigenvalue weighted by Gasteiger charge is -2.30. The van der Waals surface area contributed by atoms with Crippen LogP contribution in [0, 0.1) is 27.7 Å². The Morgan fingerprint density at radius 2 is 1.16 bits per heavy atom. The van der Waals surface area contributed by atoms with Gasteiger partial charge in [0.2, 0.25) is 0 Å². The Balaban J connectivity index is 1.55. The van der Waals surface area contributed by atoms with Crippen molar-refractivity contribution in [2.75, 3.05) is 7.05 Å². The van der Waals surface area contributed by atoms with Crippen LogP contribution in [0.3, 0.4) is 0 Å². The molecule has 0 bridgehead atoms. The van der Waals surface area contributed by atoms with Crippen LogP contribution in [-0.4, -0.2) is 31.8 Å². The fraction of sp³-hybridized carbons (Fsp3) is 0.161. The van der Waals surface area contributed by atoms with Crippen molar-refractivity contribution >= 4 is 74.6 Å². The van der Waals surface area contributed by atoms with Crippen LogP contribution in [0.5, 0.6) is 0 Å². The van der Waals surface area contributed by atoms with E-state index in [4.69, 9.17) is 0 Å². The Kier molecular flexibility index (Phi) is 5.17. The van der Waals surface area contributed by atoms with Crippen molar-refractivity contribution in [1.29, 1.82) is 0 Å². The van der Waals surface area contributed by atoms with Gasteiger partial charge < -0.3 is 0 Å². The first-order chi connectivity index (χ1) is 18.2. The molecule has 7 rings (SSSR count). The Hall–Kier alpha value is -3.10. The second kappa shape index (κ2) is 8.20. The average Bonchev–Trinajstić information content (AvgIpc) is 3.67. The first-order valence-corrected chi connectivity index (χ1v) is 17.0. The van der Waals surface area contributed by atoms with Gasteiger partial charge in [0.05, 0.1) is 16.0 Å². The molecule has 0 saturated carbocycles. The summed E-state index contributed by atoms with van der Waals surface area (Å²) in [5.74, 6) is -0.376. The van der Waals surface area contributed by atoms with Gasteiger partial charge in [0.15, 0.2) is 8.07 Å². The Morgan fingerprint density at radius 3 is 1.76 bits per heavy atom. The highest BCUT2D eigenvalue weighted by Crippen LogP contribution is 2.47. The fourth-order valence-electron chi connectivity index (χ4n) is 6.06. The van der Waals surface area contributed by atoms with Gasteiger partial charge >= 0.3 is 0 Å². The maximum Gasteiger partial charge on any atom is 0.262 e. The van der Waals surface area contributed by atoms with Crippen LogP contribution in [0.15, 0.2) is 60.7 Å². The van der Waals surface area contributed by atoms with Gasteiger partial charge in [-0.2, -0.15) is 0 Å². The zero-order valence-corrected chi connectivity index (χ0v) is 25.2. The zero-order valence-electron chi connectivity index (χ0n) is 21.8. The molecule has 0 unspecified atom stereocenters. The molecule has 7 heteroatoms. The summed E-state index contributed by atoms with van der Waals surface area (Å²) in [5, 5.41) is 5.64. The molecule has 2 aromatic carbocycles. The molecule has 2 aliphatic heterocycles. The summed E-state index contributed by atoms with van der Waals surface area (Å²) < 4.78 is 0. The number of rotatable bonds is 3. The van der Waals surface area contributed by atoms with Gasteiger partial charge in [-0.3, -0.25) is 14.5 Å². The normalized spacial score (nSPS) is 15.2. The number of hydrogen-bond acceptors (Lipinski definition) is 5. The van der Waals surface area contributed by atoms with Gasteiger partial charge in [-0.25, -0.2) is 0 Å². The lowest BCUT2D eigenvalue weighted by atomic mass is 10.1. The maximum atomic E-state index is 13.2. The number of benzene rings is 2. The number of thiophene rings is 3. The van der Waals surface area contributed by atoms with Crippen LogP contribution in [0.25, 0.3) is 19.5 Å². The van der Waals surface area contributed by atoms with Gasteiger partial charge in [-0.05, 0) is 60.6 Å². The minimum absolute atomic E-state index is 0.187. The maximum absolute atomic E-state index is 13.2. The molecular weight excluding hydrogens is 543 g/mol. The summed E-state index contributed by atoms with van der Waals surface area (Å²) >= 11 is 5.24. The minimum Gasteiger partial charge on any atom is -0.277 e. The molecule has 0 N–H and O–H groups in total. The van der Waals surface area contributed by atoms with E-state index in [0.29, 0.717) is 11.1 Å². The third kappa shape index (κ3) is 3.04. The largest absolute Gasteiger partial charge is 0.277 e. The third-order valence-corrected chi connectivity index (χ3v) is 16.7. The van der Waals surface area contributed by atoms with Crippen LogP contribution >= 0.6 is 34.0 Å². The van der Waals surface area contributed by atoms with Gasteiger partial charge in [-0.1, -0.05) is 59.7 Å². The molecule has 0 saturated heterocycles. The topological polar surface area (TPSA) is 37.4 Å². The van der Waals surface area contributed by atoms with Crippen LogP contribution in [0.1, 0.15) is 41.6 Å². The molecule has 5 aromatic rings. The fourth-order valence-corrected chi connectivity index (χ4v) is 16.0. The number of carbonyl (C=O) groups is 2. The molecule has 0 aliphatic carbocycles. The minimum atomic E-state index is -2.56. The van der Waals surface area contributed by atoms with E-state index in [1.807, 2.05) is 18.3 Å². The number of imide groups is 1. The van der Waals surface area contributed by atoms with Crippen LogP contribution in [0.2, 0.25) is 0 Å². The lowest BCUT2D eigenvalue weighted by Crippen LogP contribution is -2.72. The summed E-state index contributed by atoms with van der Waals surface area (Å²) in [5.41, 5.74) is 3.68. The Labute approximate surface area is 235 Å². The summed E-state index contributed by atoms with van der Waals surface area (Å²) in [6, 6.07) is 23.0. The highest BCUT2D eigenvalue weighted by molar-refractivity contribution is 7.35. The second-order valence-corrected chi connectivity index (χ2v) is 17.6. The number of carbonyl (C=O) groups excluding carboxylic acids is 2. The van der Waals surface area contributed by atoms with Crippen LogP contribution in [-0.2, 0) is 0 Å². The van der Waals surface area contributed by atoms with Crippen molar-refractivity contribution < 1.29 is 9.59 Å². The predicted molar refractivity (Wildman–Crippen MR) is 163 cm³/mol. The van der Waals surface area contributed by atoms with Gasteiger partial charge in [0, 0.05) is 31.4 Å². The van der Waals surface area contributed by atoms with E-state index in [9.17, 15) is 9.59 Å². The van der Waals surface area contributed by atoms with E-state index in [2.05, 4.69) is 81.4 Å². The molecule has 0 atom stereocenters. The van der Waals surface area contributed by atoms with E-state index >= 15 is 0 Å². The summed E-state index contributed by atoms with van der Waals surface area (Å²) in [7, 11) is -0.979. The molecular formula is C31H25NO2S3Si. The molecule has 0 spiro atoms. The number of fused-ring (bicyclic) bond motifs is 4. The van der Waals surface area contributed by atoms with E-state index < -0.39 is 8.07 Å². The van der Waals surface area contributed by atoms with E-state index in [-0.39, 0.29) is 11.8 Å². The zero-order chi connectivity index (χ0) is 26.5. The molecule has 5 heterocycles. The summed E-state index contributed by atoms with van der Waals surface area (Å²) in [6.45, 7) is 8.44. The lowest BCUT2D eigenvalue weighted by molar-refractivity contribution is 0.0693. The monoisotopic (exact) mass is 567 g/mol. The van der Waals surface area contributed by atoms with Crippen LogP contribution < -0.4 is 20.7 Å². The van der Waals surface area contributed by atoms with E-state index in [1.165, 1.54) is 51.4 Å². The highest BCUT2D eigenvalue weighted by atomic mass is 32.1. The smallest absolute Gasteiger partial charge is 0.262 e. The SMILES string of the molecule is Cc1ccc([Si]2(c3ccc(C)cc3)c3cc(C)sc3-c3sc(-c4sc(C)c5c4C(=O)N(C)C5=O)cc32)cc1. The van der Waals surface area contributed by atoms with Gasteiger partial charge in [0.1, 0.15) is 0 Å². The first kappa shape index (κ1) is 24.0. The molecule has 188 valence electrons. The van der Waals surface area contributed by atoms with E-state index in [0.717, 1.165) is 14.6 Å². The number of nitrogens with zero attached hydrogens (tertiary/aromatic N) is 1. The van der Waals surface area contributed by atoms with Crippen molar-refractivity contribution in [2.45, 2.75) is 27.7 Å². The average molecular weight is 568 g/mol. The van der Waals surface area contributed by atoms with Gasteiger partial charge in [-0.15, -0.1) is 34.0 Å². The van der Waals surface area contributed by atoms with Crippen molar-refractivity contribution in [3.05, 3.63) is 92.7 Å². The first-order valence-electron chi connectivity index (χ1n) is 12.6. The molecule has 0 fully saturated rings.